The summed E-state index contributed by atoms with van der Waals surface area (Å²) in [6.07, 6.45) is 0.460. The second-order valence-corrected chi connectivity index (χ2v) is 11.2. The number of amides is 5. The topological polar surface area (TPSA) is 143 Å². The van der Waals surface area contributed by atoms with Crippen LogP contribution in [-0.2, 0) is 32.2 Å². The van der Waals surface area contributed by atoms with Gasteiger partial charge < -0.3 is 25.0 Å². The molecule has 0 aliphatic carbocycles. The molecule has 2 aromatic rings. The van der Waals surface area contributed by atoms with Gasteiger partial charge in [-0.25, -0.2) is 9.59 Å². The molecule has 43 heavy (non-hydrogen) atoms. The van der Waals surface area contributed by atoms with E-state index in [0.29, 0.717) is 10.6 Å². The van der Waals surface area contributed by atoms with Crippen LogP contribution in [0.3, 0.4) is 0 Å². The zero-order chi connectivity index (χ0) is 31.9. The molecule has 1 saturated heterocycles. The molecule has 1 unspecified atom stereocenters. The zero-order valence-corrected chi connectivity index (χ0v) is 25.7. The van der Waals surface area contributed by atoms with Crippen molar-refractivity contribution >= 4 is 47.0 Å². The lowest BCUT2D eigenvalue weighted by Crippen LogP contribution is -2.52. The molecule has 2 aliphatic heterocycles. The number of halogens is 1. The van der Waals surface area contributed by atoms with Crippen molar-refractivity contribution in [2.75, 3.05) is 11.9 Å². The molecule has 3 N–H and O–H groups in total. The van der Waals surface area contributed by atoms with Gasteiger partial charge in [-0.1, -0.05) is 44.2 Å². The monoisotopic (exact) mass is 612 g/mol. The van der Waals surface area contributed by atoms with Crippen LogP contribution in [0.4, 0.5) is 10.5 Å². The Labute approximate surface area is 255 Å². The number of piperidine rings is 1. The van der Waals surface area contributed by atoms with E-state index < -0.39 is 29.6 Å². The summed E-state index contributed by atoms with van der Waals surface area (Å²) in [6, 6.07) is 8.61. The Kier molecular flexibility index (Phi) is 10.9. The smallest absolute Gasteiger partial charge is 0.337 e. The lowest BCUT2D eigenvalue weighted by Gasteiger charge is -2.29. The molecule has 5 amide bonds. The fourth-order valence-electron chi connectivity index (χ4n) is 4.39. The highest BCUT2D eigenvalue weighted by Gasteiger charge is 2.39. The van der Waals surface area contributed by atoms with E-state index in [9.17, 15) is 24.0 Å². The molecule has 12 heteroatoms. The number of imide groups is 1. The summed E-state index contributed by atoms with van der Waals surface area (Å²) < 4.78 is 11.0. The average Bonchev–Trinajstić information content (AvgIpc) is 3.26. The van der Waals surface area contributed by atoms with Gasteiger partial charge in [0.2, 0.25) is 11.8 Å². The van der Waals surface area contributed by atoms with Crippen molar-refractivity contribution in [1.82, 2.24) is 15.5 Å². The van der Waals surface area contributed by atoms with Gasteiger partial charge in [0, 0.05) is 30.1 Å². The summed E-state index contributed by atoms with van der Waals surface area (Å²) in [4.78, 5) is 63.0. The van der Waals surface area contributed by atoms with Gasteiger partial charge in [-0.2, -0.15) is 0 Å². The minimum Gasteiger partial charge on any atom is -0.486 e. The maximum Gasteiger partial charge on any atom is 0.337 e. The Morgan fingerprint density at radius 3 is 2.51 bits per heavy atom. The summed E-state index contributed by atoms with van der Waals surface area (Å²) in [7, 11) is 0. The predicted octanol–water partition coefficient (Wildman–Crippen LogP) is 4.73. The number of ether oxygens (including phenoxy) is 2. The SMILES string of the molecule is C=C(COc1ccc(Cl)cc1NC(=O)NCc1ccc2c(c1)CN(C1CCC(=O)NC1=O)C2=O)C(=O)OC(C)(C)C.CC. The van der Waals surface area contributed by atoms with Crippen LogP contribution in [0, 0.1) is 0 Å². The van der Waals surface area contributed by atoms with E-state index in [0.717, 1.165) is 11.1 Å². The summed E-state index contributed by atoms with van der Waals surface area (Å²) >= 11 is 6.12. The number of carbonyl (C=O) groups excluding carboxylic acids is 5. The van der Waals surface area contributed by atoms with Crippen LogP contribution in [0.25, 0.3) is 0 Å². The molecule has 0 aromatic heterocycles. The van der Waals surface area contributed by atoms with E-state index in [2.05, 4.69) is 22.5 Å². The molecule has 2 heterocycles. The highest BCUT2D eigenvalue weighted by molar-refractivity contribution is 6.31. The van der Waals surface area contributed by atoms with Crippen molar-refractivity contribution in [3.05, 3.63) is 70.3 Å². The number of hydrogen-bond donors (Lipinski definition) is 3. The first-order chi connectivity index (χ1) is 20.3. The van der Waals surface area contributed by atoms with Crippen molar-refractivity contribution in [1.29, 1.82) is 0 Å². The number of nitrogens with zero attached hydrogens (tertiary/aromatic N) is 1. The minimum atomic E-state index is -0.699. The molecule has 0 radical (unpaired) electrons. The number of fused-ring (bicyclic) bond motifs is 1. The largest absolute Gasteiger partial charge is 0.486 e. The van der Waals surface area contributed by atoms with Crippen molar-refractivity contribution in [2.24, 2.45) is 0 Å². The Morgan fingerprint density at radius 2 is 1.84 bits per heavy atom. The lowest BCUT2D eigenvalue weighted by molar-refractivity contribution is -0.150. The molecule has 2 aliphatic rings. The third-order valence-electron chi connectivity index (χ3n) is 6.32. The summed E-state index contributed by atoms with van der Waals surface area (Å²) in [5, 5.41) is 8.09. The first-order valence-corrected chi connectivity index (χ1v) is 14.3. The summed E-state index contributed by atoms with van der Waals surface area (Å²) in [6.45, 7) is 13.2. The van der Waals surface area contributed by atoms with Gasteiger partial charge in [0.1, 0.15) is 24.0 Å². The van der Waals surface area contributed by atoms with Gasteiger partial charge in [0.15, 0.2) is 0 Å². The number of carbonyl (C=O) groups is 5. The Morgan fingerprint density at radius 1 is 1.12 bits per heavy atom. The molecule has 2 aromatic carbocycles. The molecule has 1 fully saturated rings. The Hall–Kier alpha value is -4.38. The first kappa shape index (κ1) is 33.1. The second-order valence-electron chi connectivity index (χ2n) is 10.7. The van der Waals surface area contributed by atoms with Crippen LogP contribution in [0.1, 0.15) is 68.9 Å². The van der Waals surface area contributed by atoms with Gasteiger partial charge in [-0.15, -0.1) is 0 Å². The highest BCUT2D eigenvalue weighted by Crippen LogP contribution is 2.30. The standard InChI is InChI=1S/C29H31ClN4O7.C2H6/c1-16(27(38)41-29(2,3)4)15-40-23-9-6-19(30)12-21(23)32-28(39)31-13-17-5-7-20-18(11-17)14-34(26(20)37)22-8-10-24(35)33-25(22)36;1-2/h5-7,9,11-12,22H,1,8,10,13-15H2,2-4H3,(H2,31,32,39)(H,33,35,36);1-2H3. The second kappa shape index (κ2) is 14.2. The molecule has 4 rings (SSSR count). The van der Waals surface area contributed by atoms with Gasteiger partial charge in [-0.05, 0) is 62.6 Å². The predicted molar refractivity (Wildman–Crippen MR) is 162 cm³/mol. The average molecular weight is 613 g/mol. The molecule has 0 saturated carbocycles. The Balaban J connectivity index is 0.00000248. The van der Waals surface area contributed by atoms with E-state index in [1.165, 1.54) is 11.0 Å². The zero-order valence-electron chi connectivity index (χ0n) is 25.0. The van der Waals surface area contributed by atoms with Crippen molar-refractivity contribution in [2.45, 2.75) is 72.2 Å². The lowest BCUT2D eigenvalue weighted by atomic mass is 10.0. The molecule has 230 valence electrons. The van der Waals surface area contributed by atoms with Crippen LogP contribution >= 0.6 is 11.6 Å². The minimum absolute atomic E-state index is 0.108. The van der Waals surface area contributed by atoms with Gasteiger partial charge in [-0.3, -0.25) is 19.7 Å². The molecule has 0 spiro atoms. The molecular weight excluding hydrogens is 576 g/mol. The van der Waals surface area contributed by atoms with Gasteiger partial charge in [0.05, 0.1) is 11.3 Å². The van der Waals surface area contributed by atoms with E-state index in [1.807, 2.05) is 13.8 Å². The van der Waals surface area contributed by atoms with E-state index in [4.69, 9.17) is 21.1 Å². The van der Waals surface area contributed by atoms with Crippen molar-refractivity contribution < 1.29 is 33.4 Å². The fourth-order valence-corrected chi connectivity index (χ4v) is 4.56. The summed E-state index contributed by atoms with van der Waals surface area (Å²) in [5.74, 6) is -1.40. The third-order valence-corrected chi connectivity index (χ3v) is 6.56. The van der Waals surface area contributed by atoms with Crippen molar-refractivity contribution in [3.8, 4) is 5.75 Å². The maximum atomic E-state index is 12.9. The first-order valence-electron chi connectivity index (χ1n) is 14.0. The molecule has 1 atom stereocenters. The number of anilines is 1. The van der Waals surface area contributed by atoms with Crippen LogP contribution in [0.2, 0.25) is 5.02 Å². The number of benzene rings is 2. The van der Waals surface area contributed by atoms with Crippen molar-refractivity contribution in [3.63, 3.8) is 0 Å². The number of nitrogens with one attached hydrogen (secondary N) is 3. The van der Waals surface area contributed by atoms with E-state index >= 15 is 0 Å². The van der Waals surface area contributed by atoms with Crippen LogP contribution in [0.15, 0.2) is 48.6 Å². The number of esters is 1. The number of urea groups is 1. The molecule has 0 bridgehead atoms. The maximum absolute atomic E-state index is 12.9. The molecular formula is C31H37ClN4O7. The number of rotatable bonds is 8. The molecule has 11 nitrogen and oxygen atoms in total. The fraction of sp³-hybridized carbons (Fsp3) is 0.387. The quantitative estimate of drug-likeness (QED) is 0.222. The number of hydrogen-bond acceptors (Lipinski definition) is 7. The van der Waals surface area contributed by atoms with E-state index in [1.54, 1.807) is 51.1 Å². The Bertz CT molecular complexity index is 1430. The van der Waals surface area contributed by atoms with E-state index in [-0.39, 0.29) is 61.4 Å². The summed E-state index contributed by atoms with van der Waals surface area (Å²) in [5.41, 5.74) is 1.68. The normalized spacial score (nSPS) is 15.9. The van der Waals surface area contributed by atoms with Gasteiger partial charge in [0.25, 0.3) is 5.91 Å². The third kappa shape index (κ3) is 8.81. The van der Waals surface area contributed by atoms with Crippen LogP contribution < -0.4 is 20.7 Å². The van der Waals surface area contributed by atoms with Gasteiger partial charge >= 0.3 is 12.0 Å². The van der Waals surface area contributed by atoms with Crippen LogP contribution in [0.5, 0.6) is 5.75 Å². The van der Waals surface area contributed by atoms with Crippen LogP contribution in [-0.4, -0.2) is 52.9 Å². The highest BCUT2D eigenvalue weighted by atomic mass is 35.5.